The minimum atomic E-state index is -0.569. The van der Waals surface area contributed by atoms with Crippen LogP contribution in [0.2, 0.25) is 0 Å². The zero-order valence-corrected chi connectivity index (χ0v) is 16.5. The Morgan fingerprint density at radius 1 is 1.16 bits per heavy atom. The predicted molar refractivity (Wildman–Crippen MR) is 103 cm³/mol. The highest BCUT2D eigenvalue weighted by atomic mass is 32.2. The number of imide groups is 1. The molecule has 2 N–H and O–H groups in total. The summed E-state index contributed by atoms with van der Waals surface area (Å²) in [4.78, 5) is 24.3. The number of urea groups is 1. The summed E-state index contributed by atoms with van der Waals surface area (Å²) in [6.07, 6.45) is 1.06. The van der Waals surface area contributed by atoms with Gasteiger partial charge in [0.1, 0.15) is 5.25 Å². The lowest BCUT2D eigenvalue weighted by Gasteiger charge is -2.15. The Morgan fingerprint density at radius 3 is 2.56 bits per heavy atom. The van der Waals surface area contributed by atoms with Crippen LogP contribution in [0.1, 0.15) is 31.1 Å². The molecule has 3 amide bonds. The van der Waals surface area contributed by atoms with Crippen molar-refractivity contribution in [3.8, 4) is 0 Å². The predicted octanol–water partition coefficient (Wildman–Crippen LogP) is 3.72. The fraction of sp³-hybridized carbons (Fsp3) is 0.375. The number of carbonyl (C=O) groups is 2. The van der Waals surface area contributed by atoms with E-state index < -0.39 is 11.3 Å². The van der Waals surface area contributed by atoms with Crippen LogP contribution in [-0.2, 0) is 4.79 Å². The van der Waals surface area contributed by atoms with E-state index in [1.807, 2.05) is 30.3 Å². The minimum Gasteiger partial charge on any atom is -0.338 e. The van der Waals surface area contributed by atoms with Crippen LogP contribution in [0.3, 0.4) is 0 Å². The number of amides is 3. The number of thioether (sulfide) groups is 2. The molecule has 0 bridgehead atoms. The first kappa shape index (κ1) is 19.7. The van der Waals surface area contributed by atoms with Gasteiger partial charge in [-0.1, -0.05) is 72.1 Å². The quantitative estimate of drug-likeness (QED) is 0.662. The summed E-state index contributed by atoms with van der Waals surface area (Å²) < 4.78 is 1.60. The van der Waals surface area contributed by atoms with E-state index in [2.05, 4.69) is 27.8 Å². The van der Waals surface area contributed by atoms with Gasteiger partial charge in [0.2, 0.25) is 5.91 Å². The summed E-state index contributed by atoms with van der Waals surface area (Å²) in [5.41, 5.74) is 0.812. The van der Waals surface area contributed by atoms with Gasteiger partial charge in [0.25, 0.3) is 0 Å². The molecule has 0 aliphatic carbocycles. The largest absolute Gasteiger partial charge is 0.338 e. The highest BCUT2D eigenvalue weighted by Gasteiger charge is 2.25. The Hall–Kier alpha value is -1.58. The molecule has 25 heavy (non-hydrogen) atoms. The lowest BCUT2D eigenvalue weighted by molar-refractivity contribution is -0.119. The summed E-state index contributed by atoms with van der Waals surface area (Å²) in [6, 6.07) is 8.85. The molecule has 0 saturated carbocycles. The van der Waals surface area contributed by atoms with E-state index >= 15 is 0 Å². The molecule has 0 fully saturated rings. The number of benzene rings is 1. The summed E-state index contributed by atoms with van der Waals surface area (Å²) >= 11 is 4.43. The third-order valence-electron chi connectivity index (χ3n) is 2.95. The second kappa shape index (κ2) is 10.4. The van der Waals surface area contributed by atoms with Gasteiger partial charge in [-0.2, -0.15) is 0 Å². The molecule has 1 heterocycles. The van der Waals surface area contributed by atoms with E-state index in [1.54, 1.807) is 18.7 Å². The molecule has 2 aromatic rings. The number of nitrogens with one attached hydrogen (secondary N) is 2. The van der Waals surface area contributed by atoms with E-state index in [4.69, 9.17) is 0 Å². The summed E-state index contributed by atoms with van der Waals surface area (Å²) in [7, 11) is 0. The lowest BCUT2D eigenvalue weighted by atomic mass is 10.1. The van der Waals surface area contributed by atoms with Crippen molar-refractivity contribution < 1.29 is 9.59 Å². The maximum absolute atomic E-state index is 12.6. The van der Waals surface area contributed by atoms with Crippen LogP contribution in [0, 0.1) is 0 Å². The molecular weight excluding hydrogens is 376 g/mol. The van der Waals surface area contributed by atoms with Gasteiger partial charge in [-0.25, -0.2) is 4.79 Å². The smallest absolute Gasteiger partial charge is 0.321 e. The summed E-state index contributed by atoms with van der Waals surface area (Å²) in [5.74, 6) is 0.610. The molecule has 6 nitrogen and oxygen atoms in total. The first-order valence-electron chi connectivity index (χ1n) is 7.90. The fourth-order valence-electron chi connectivity index (χ4n) is 1.88. The van der Waals surface area contributed by atoms with Crippen molar-refractivity contribution >= 4 is 46.8 Å². The monoisotopic (exact) mass is 396 g/mol. The zero-order chi connectivity index (χ0) is 18.1. The summed E-state index contributed by atoms with van der Waals surface area (Å²) in [6.45, 7) is 4.36. The topological polar surface area (TPSA) is 84.0 Å². The van der Waals surface area contributed by atoms with Gasteiger partial charge >= 0.3 is 6.03 Å². The number of nitrogens with zero attached hydrogens (tertiary/aromatic N) is 2. The van der Waals surface area contributed by atoms with Crippen LogP contribution in [0.15, 0.2) is 39.0 Å². The van der Waals surface area contributed by atoms with Gasteiger partial charge in [0, 0.05) is 12.3 Å². The molecule has 0 radical (unpaired) electrons. The van der Waals surface area contributed by atoms with Gasteiger partial charge in [0.05, 0.1) is 0 Å². The van der Waals surface area contributed by atoms with Crippen molar-refractivity contribution in [2.24, 2.45) is 0 Å². The Bertz CT molecular complexity index is 694. The van der Waals surface area contributed by atoms with Gasteiger partial charge in [-0.3, -0.25) is 10.1 Å². The third kappa shape index (κ3) is 6.33. The van der Waals surface area contributed by atoms with E-state index in [1.165, 1.54) is 23.1 Å². The van der Waals surface area contributed by atoms with Crippen molar-refractivity contribution in [2.75, 3.05) is 12.3 Å². The van der Waals surface area contributed by atoms with E-state index in [0.29, 0.717) is 10.9 Å². The van der Waals surface area contributed by atoms with Gasteiger partial charge < -0.3 is 5.32 Å². The molecule has 1 atom stereocenters. The molecule has 0 spiro atoms. The average molecular weight is 397 g/mol. The first-order valence-corrected chi connectivity index (χ1v) is 10.6. The highest BCUT2D eigenvalue weighted by molar-refractivity contribution is 8.03. The van der Waals surface area contributed by atoms with Crippen LogP contribution < -0.4 is 10.6 Å². The fourth-order valence-corrected chi connectivity index (χ4v) is 5.01. The second-order valence-corrected chi connectivity index (χ2v) is 8.61. The SMILES string of the molecule is CCCSc1nnc(S[C@H](C(=O)NC(=O)NCC)c2ccccc2)s1. The van der Waals surface area contributed by atoms with Gasteiger partial charge in [-0.05, 0) is 18.9 Å². The van der Waals surface area contributed by atoms with Crippen LogP contribution in [0.5, 0.6) is 0 Å². The van der Waals surface area contributed by atoms with Crippen molar-refractivity contribution in [2.45, 2.75) is 34.2 Å². The Balaban J connectivity index is 2.13. The number of hydrogen-bond acceptors (Lipinski definition) is 7. The van der Waals surface area contributed by atoms with Gasteiger partial charge in [0.15, 0.2) is 8.68 Å². The summed E-state index contributed by atoms with van der Waals surface area (Å²) in [5, 5.41) is 12.7. The second-order valence-electron chi connectivity index (χ2n) is 4.94. The number of hydrogen-bond donors (Lipinski definition) is 2. The number of aromatic nitrogens is 2. The van der Waals surface area contributed by atoms with Crippen molar-refractivity contribution in [3.05, 3.63) is 35.9 Å². The average Bonchev–Trinajstić information content (AvgIpc) is 3.06. The Labute approximate surface area is 159 Å². The molecule has 0 saturated heterocycles. The van der Waals surface area contributed by atoms with Crippen LogP contribution in [0.25, 0.3) is 0 Å². The van der Waals surface area contributed by atoms with Gasteiger partial charge in [-0.15, -0.1) is 10.2 Å². The number of rotatable bonds is 8. The highest BCUT2D eigenvalue weighted by Crippen LogP contribution is 2.38. The van der Waals surface area contributed by atoms with Crippen molar-refractivity contribution in [3.63, 3.8) is 0 Å². The minimum absolute atomic E-state index is 0.375. The van der Waals surface area contributed by atoms with Crippen LogP contribution in [-0.4, -0.2) is 34.4 Å². The normalized spacial score (nSPS) is 11.8. The molecule has 2 rings (SSSR count). The van der Waals surface area contributed by atoms with Crippen LogP contribution >= 0.6 is 34.9 Å². The standard InChI is InChI=1S/C16H20N4O2S3/c1-3-10-23-15-19-20-16(25-15)24-12(11-8-6-5-7-9-11)13(21)18-14(22)17-4-2/h5-9,12H,3-4,10H2,1-2H3,(H2,17,18,21,22)/t12-/m0/s1. The third-order valence-corrected chi connectivity index (χ3v) is 6.55. The maximum Gasteiger partial charge on any atom is 0.321 e. The van der Waals surface area contributed by atoms with Crippen LogP contribution in [0.4, 0.5) is 4.79 Å². The molecule has 134 valence electrons. The molecule has 0 aliphatic heterocycles. The maximum atomic E-state index is 12.6. The van der Waals surface area contributed by atoms with E-state index in [0.717, 1.165) is 22.1 Å². The number of carbonyl (C=O) groups excluding carboxylic acids is 2. The first-order chi connectivity index (χ1) is 12.1. The molecule has 1 aromatic carbocycles. The van der Waals surface area contributed by atoms with Crippen molar-refractivity contribution in [1.29, 1.82) is 0 Å². The molecular formula is C16H20N4O2S3. The molecule has 9 heteroatoms. The molecule has 0 unspecified atom stereocenters. The Morgan fingerprint density at radius 2 is 1.88 bits per heavy atom. The molecule has 0 aliphatic rings. The zero-order valence-electron chi connectivity index (χ0n) is 14.0. The van der Waals surface area contributed by atoms with E-state index in [9.17, 15) is 9.59 Å². The van der Waals surface area contributed by atoms with E-state index in [-0.39, 0.29) is 5.91 Å². The lowest BCUT2D eigenvalue weighted by Crippen LogP contribution is -2.41. The Kier molecular flexibility index (Phi) is 8.23. The van der Waals surface area contributed by atoms with Crippen molar-refractivity contribution in [1.82, 2.24) is 20.8 Å². The molecule has 1 aromatic heterocycles.